The Labute approximate surface area is 164 Å². The summed E-state index contributed by atoms with van der Waals surface area (Å²) >= 11 is 0. The van der Waals surface area contributed by atoms with E-state index in [1.54, 1.807) is 18.2 Å². The third-order valence-electron chi connectivity index (χ3n) is 4.70. The summed E-state index contributed by atoms with van der Waals surface area (Å²) in [5, 5.41) is 9.31. The second-order valence-electron chi connectivity index (χ2n) is 6.61. The van der Waals surface area contributed by atoms with Gasteiger partial charge >= 0.3 is 5.97 Å². The molecule has 1 saturated heterocycles. The minimum absolute atomic E-state index is 0.0188. The van der Waals surface area contributed by atoms with Crippen LogP contribution in [0.4, 0.5) is 11.4 Å². The summed E-state index contributed by atoms with van der Waals surface area (Å²) in [5.41, 5.74) is 0.931. The maximum Gasteiger partial charge on any atom is 0.335 e. The van der Waals surface area contributed by atoms with Gasteiger partial charge in [0.2, 0.25) is 0 Å². The topological polar surface area (TPSA) is 99.2 Å². The fourth-order valence-electron chi connectivity index (χ4n) is 3.03. The molecule has 2 N–H and O–H groups in total. The number of carbonyl (C=O) groups is 1. The number of benzene rings is 2. The first-order valence-corrected chi connectivity index (χ1v) is 10.3. The molecule has 0 aliphatic carbocycles. The van der Waals surface area contributed by atoms with E-state index in [2.05, 4.69) is 14.5 Å². The number of likely N-dealkylation sites (N-methyl/N-ethyl adjacent to an activating group) is 1. The van der Waals surface area contributed by atoms with Crippen molar-refractivity contribution in [3.8, 4) is 5.75 Å². The number of nitrogens with one attached hydrogen (secondary N) is 1. The Morgan fingerprint density at radius 2 is 1.71 bits per heavy atom. The van der Waals surface area contributed by atoms with Crippen LogP contribution in [0.1, 0.15) is 10.4 Å². The maximum absolute atomic E-state index is 12.8. The number of anilines is 2. The van der Waals surface area contributed by atoms with Gasteiger partial charge in [-0.3, -0.25) is 4.72 Å². The summed E-state index contributed by atoms with van der Waals surface area (Å²) < 4.78 is 33.3. The number of nitrogens with zero attached hydrogens (tertiary/aromatic N) is 2. The van der Waals surface area contributed by atoms with Gasteiger partial charge in [-0.15, -0.1) is 0 Å². The molecular formula is C19H23N3O5S. The number of sulfonamides is 1. The Balaban J connectivity index is 1.95. The number of ether oxygens (including phenoxy) is 1. The molecule has 0 unspecified atom stereocenters. The van der Waals surface area contributed by atoms with Crippen molar-refractivity contribution in [1.29, 1.82) is 0 Å². The van der Waals surface area contributed by atoms with Crippen LogP contribution in [0.25, 0.3) is 0 Å². The van der Waals surface area contributed by atoms with E-state index in [-0.39, 0.29) is 16.1 Å². The molecule has 2 aromatic carbocycles. The molecule has 0 amide bonds. The second-order valence-corrected chi connectivity index (χ2v) is 8.29. The third-order valence-corrected chi connectivity index (χ3v) is 6.08. The largest absolute Gasteiger partial charge is 0.497 e. The first-order valence-electron chi connectivity index (χ1n) is 8.78. The van der Waals surface area contributed by atoms with Crippen molar-refractivity contribution in [2.75, 3.05) is 50.0 Å². The van der Waals surface area contributed by atoms with Crippen molar-refractivity contribution in [3.63, 3.8) is 0 Å². The van der Waals surface area contributed by atoms with E-state index < -0.39 is 16.0 Å². The van der Waals surface area contributed by atoms with Crippen LogP contribution in [0, 0.1) is 0 Å². The molecule has 9 heteroatoms. The molecule has 0 bridgehead atoms. The van der Waals surface area contributed by atoms with Crippen LogP contribution in [0.2, 0.25) is 0 Å². The van der Waals surface area contributed by atoms with Crippen LogP contribution in [-0.4, -0.2) is 64.7 Å². The molecule has 0 aromatic heterocycles. The van der Waals surface area contributed by atoms with E-state index in [4.69, 9.17) is 4.74 Å². The number of methoxy groups -OCH3 is 1. The molecule has 0 spiro atoms. The van der Waals surface area contributed by atoms with Gasteiger partial charge in [-0.05, 0) is 49.5 Å². The maximum atomic E-state index is 12.8. The fraction of sp³-hybridized carbons (Fsp3) is 0.316. The minimum atomic E-state index is -3.89. The predicted octanol–water partition coefficient (Wildman–Crippen LogP) is 1.95. The highest BCUT2D eigenvalue weighted by atomic mass is 32.2. The molecule has 1 aliphatic rings. The lowest BCUT2D eigenvalue weighted by molar-refractivity contribution is 0.0697. The van der Waals surface area contributed by atoms with Gasteiger partial charge < -0.3 is 19.6 Å². The SMILES string of the molecule is COc1ccc(S(=O)(=O)Nc2cc(C(=O)O)ccc2N2CCN(C)CC2)cc1. The summed E-state index contributed by atoms with van der Waals surface area (Å²) in [6, 6.07) is 10.5. The van der Waals surface area contributed by atoms with Crippen LogP contribution >= 0.6 is 0 Å². The predicted molar refractivity (Wildman–Crippen MR) is 107 cm³/mol. The average molecular weight is 405 g/mol. The number of carboxylic acids is 1. The highest BCUT2D eigenvalue weighted by Gasteiger charge is 2.22. The van der Waals surface area contributed by atoms with Crippen LogP contribution in [0.15, 0.2) is 47.4 Å². The van der Waals surface area contributed by atoms with Crippen LogP contribution in [0.3, 0.4) is 0 Å². The van der Waals surface area contributed by atoms with E-state index >= 15 is 0 Å². The zero-order chi connectivity index (χ0) is 20.3. The van der Waals surface area contributed by atoms with Gasteiger partial charge in [0.1, 0.15) is 5.75 Å². The van der Waals surface area contributed by atoms with Crippen LogP contribution in [0.5, 0.6) is 5.75 Å². The molecule has 1 aliphatic heterocycles. The van der Waals surface area contributed by atoms with Gasteiger partial charge in [0.15, 0.2) is 0 Å². The van der Waals surface area contributed by atoms with E-state index in [9.17, 15) is 18.3 Å². The Kier molecular flexibility index (Phi) is 5.76. The molecule has 150 valence electrons. The van der Waals surface area contributed by atoms with Crippen molar-refractivity contribution in [1.82, 2.24) is 4.90 Å². The molecule has 0 radical (unpaired) electrons. The van der Waals surface area contributed by atoms with E-state index in [0.717, 1.165) is 26.2 Å². The number of carboxylic acid groups (broad SMARTS) is 1. The van der Waals surface area contributed by atoms with Gasteiger partial charge in [0.05, 0.1) is 28.9 Å². The standard InChI is InChI=1S/C19H23N3O5S/c1-21-9-11-22(12-10-21)18-8-3-14(19(23)24)13-17(18)20-28(25,26)16-6-4-15(27-2)5-7-16/h3-8,13,20H,9-12H2,1-2H3,(H,23,24). The van der Waals surface area contributed by atoms with Gasteiger partial charge in [0.25, 0.3) is 10.0 Å². The molecule has 28 heavy (non-hydrogen) atoms. The van der Waals surface area contributed by atoms with Gasteiger partial charge in [0, 0.05) is 26.2 Å². The monoisotopic (exact) mass is 405 g/mol. The smallest absolute Gasteiger partial charge is 0.335 e. The summed E-state index contributed by atoms with van der Waals surface area (Å²) in [5.74, 6) is -0.570. The second kappa shape index (κ2) is 8.07. The van der Waals surface area contributed by atoms with Crippen molar-refractivity contribution in [3.05, 3.63) is 48.0 Å². The van der Waals surface area contributed by atoms with Crippen LogP contribution in [-0.2, 0) is 10.0 Å². The summed E-state index contributed by atoms with van der Waals surface area (Å²) in [6.07, 6.45) is 0. The lowest BCUT2D eigenvalue weighted by Gasteiger charge is -2.35. The Hall–Kier alpha value is -2.78. The molecule has 1 fully saturated rings. The zero-order valence-electron chi connectivity index (χ0n) is 15.8. The first-order chi connectivity index (χ1) is 13.3. The van der Waals surface area contributed by atoms with Crippen molar-refractivity contribution >= 4 is 27.4 Å². The number of hydrogen-bond donors (Lipinski definition) is 2. The van der Waals surface area contributed by atoms with E-state index in [1.165, 1.54) is 31.4 Å². The first kappa shape index (κ1) is 20.0. The highest BCUT2D eigenvalue weighted by Crippen LogP contribution is 2.30. The molecule has 3 rings (SSSR count). The number of rotatable bonds is 6. The van der Waals surface area contributed by atoms with Crippen molar-refractivity contribution in [2.24, 2.45) is 0 Å². The van der Waals surface area contributed by atoms with Crippen molar-refractivity contribution in [2.45, 2.75) is 4.90 Å². The molecule has 8 nitrogen and oxygen atoms in total. The quantitative estimate of drug-likeness (QED) is 0.758. The number of hydrogen-bond acceptors (Lipinski definition) is 6. The Morgan fingerprint density at radius 1 is 1.07 bits per heavy atom. The number of piperazine rings is 1. The van der Waals surface area contributed by atoms with Crippen LogP contribution < -0.4 is 14.4 Å². The van der Waals surface area contributed by atoms with E-state index in [1.807, 2.05) is 7.05 Å². The molecule has 1 heterocycles. The van der Waals surface area contributed by atoms with Gasteiger partial charge in [-0.2, -0.15) is 0 Å². The fourth-order valence-corrected chi connectivity index (χ4v) is 4.10. The average Bonchev–Trinajstić information content (AvgIpc) is 2.68. The normalized spacial score (nSPS) is 15.3. The van der Waals surface area contributed by atoms with Gasteiger partial charge in [-0.1, -0.05) is 0 Å². The minimum Gasteiger partial charge on any atom is -0.497 e. The third kappa shape index (κ3) is 4.37. The van der Waals surface area contributed by atoms with Gasteiger partial charge in [-0.25, -0.2) is 13.2 Å². The van der Waals surface area contributed by atoms with Crippen molar-refractivity contribution < 1.29 is 23.1 Å². The molecule has 0 atom stereocenters. The summed E-state index contributed by atoms with van der Waals surface area (Å²) in [4.78, 5) is 15.7. The van der Waals surface area contributed by atoms with E-state index in [0.29, 0.717) is 11.4 Å². The molecule has 0 saturated carbocycles. The highest BCUT2D eigenvalue weighted by molar-refractivity contribution is 7.92. The Morgan fingerprint density at radius 3 is 2.29 bits per heavy atom. The number of aromatic carboxylic acids is 1. The summed E-state index contributed by atoms with van der Waals surface area (Å²) in [6.45, 7) is 3.12. The summed E-state index contributed by atoms with van der Waals surface area (Å²) in [7, 11) is -0.361. The lowest BCUT2D eigenvalue weighted by Crippen LogP contribution is -2.44. The zero-order valence-corrected chi connectivity index (χ0v) is 16.6. The molecule has 2 aromatic rings. The molecular weight excluding hydrogens is 382 g/mol. The Bertz CT molecular complexity index is 952. The lowest BCUT2D eigenvalue weighted by atomic mass is 10.1.